The molecule has 1 aromatic rings. The van der Waals surface area contributed by atoms with Gasteiger partial charge in [-0.1, -0.05) is 19.9 Å². The molecule has 0 spiro atoms. The Kier molecular flexibility index (Phi) is 3.46. The number of alkyl halides is 1. The van der Waals surface area contributed by atoms with Gasteiger partial charge in [0.25, 0.3) is 0 Å². The van der Waals surface area contributed by atoms with E-state index in [9.17, 15) is 4.39 Å². The Morgan fingerprint density at radius 1 is 1.47 bits per heavy atom. The zero-order valence-electron chi connectivity index (χ0n) is 10.6. The molecule has 1 saturated carbocycles. The second kappa shape index (κ2) is 4.58. The summed E-state index contributed by atoms with van der Waals surface area (Å²) in [5.74, 6) is -0.171. The van der Waals surface area contributed by atoms with Crippen molar-refractivity contribution >= 4 is 11.6 Å². The van der Waals surface area contributed by atoms with Gasteiger partial charge in [0.05, 0.1) is 0 Å². The predicted octanol–water partition coefficient (Wildman–Crippen LogP) is 3.63. The van der Waals surface area contributed by atoms with Crippen LogP contribution in [0.5, 0.6) is 0 Å². The van der Waals surface area contributed by atoms with Crippen LogP contribution in [0.3, 0.4) is 0 Å². The Morgan fingerprint density at radius 2 is 2.18 bits per heavy atom. The van der Waals surface area contributed by atoms with E-state index in [1.165, 1.54) is 6.07 Å². The highest BCUT2D eigenvalue weighted by Crippen LogP contribution is 2.44. The molecule has 0 radical (unpaired) electrons. The topological polar surface area (TPSA) is 12.0 Å². The molecule has 3 heteroatoms. The summed E-state index contributed by atoms with van der Waals surface area (Å²) in [6, 6.07) is 5.35. The summed E-state index contributed by atoms with van der Waals surface area (Å²) in [5.41, 5.74) is 2.28. The lowest BCUT2D eigenvalue weighted by Gasteiger charge is -2.49. The fourth-order valence-electron chi connectivity index (χ4n) is 2.28. The quantitative estimate of drug-likeness (QED) is 0.814. The first kappa shape index (κ1) is 12.8. The van der Waals surface area contributed by atoms with Gasteiger partial charge in [-0.25, -0.2) is 4.39 Å². The number of hydrogen-bond acceptors (Lipinski definition) is 1. The Labute approximate surface area is 107 Å². The molecular formula is C14H19ClFN. The van der Waals surface area contributed by atoms with Crippen molar-refractivity contribution in [2.24, 2.45) is 5.41 Å². The number of halogens is 2. The van der Waals surface area contributed by atoms with Gasteiger partial charge in [-0.15, -0.1) is 11.6 Å². The predicted molar refractivity (Wildman–Crippen MR) is 69.8 cm³/mol. The van der Waals surface area contributed by atoms with Crippen LogP contribution in [-0.4, -0.2) is 11.4 Å². The first-order chi connectivity index (χ1) is 7.91. The minimum atomic E-state index is -0.171. The molecule has 1 fully saturated rings. The smallest absolute Gasteiger partial charge is 0.123 e. The van der Waals surface area contributed by atoms with Gasteiger partial charge < -0.3 is 5.32 Å². The lowest BCUT2D eigenvalue weighted by Crippen LogP contribution is -2.57. The molecule has 0 amide bonds. The van der Waals surface area contributed by atoms with E-state index in [0.29, 0.717) is 12.6 Å². The minimum Gasteiger partial charge on any atom is -0.309 e. The van der Waals surface area contributed by atoms with Gasteiger partial charge in [-0.3, -0.25) is 0 Å². The summed E-state index contributed by atoms with van der Waals surface area (Å²) in [6.07, 6.45) is 0.989. The SMILES string of the molecule is Cc1ccc(F)cc1CNC1CC(Cl)C1(C)C. The summed E-state index contributed by atoms with van der Waals surface area (Å²) < 4.78 is 13.1. The van der Waals surface area contributed by atoms with Gasteiger partial charge in [0.2, 0.25) is 0 Å². The second-order valence-corrected chi connectivity index (χ2v) is 6.06. The molecule has 1 aromatic carbocycles. The zero-order valence-corrected chi connectivity index (χ0v) is 11.3. The molecule has 17 heavy (non-hydrogen) atoms. The fourth-order valence-corrected chi connectivity index (χ4v) is 2.61. The normalized spacial score (nSPS) is 26.6. The first-order valence-corrected chi connectivity index (χ1v) is 6.47. The summed E-state index contributed by atoms with van der Waals surface area (Å²) in [7, 11) is 0. The van der Waals surface area contributed by atoms with Crippen molar-refractivity contribution in [3.8, 4) is 0 Å². The largest absolute Gasteiger partial charge is 0.309 e. The lowest BCUT2D eigenvalue weighted by atomic mass is 9.66. The van der Waals surface area contributed by atoms with Gasteiger partial charge in [0, 0.05) is 18.0 Å². The van der Waals surface area contributed by atoms with Crippen LogP contribution in [0.25, 0.3) is 0 Å². The van der Waals surface area contributed by atoms with Crippen LogP contribution >= 0.6 is 11.6 Å². The van der Waals surface area contributed by atoms with E-state index in [1.807, 2.05) is 13.0 Å². The van der Waals surface area contributed by atoms with E-state index >= 15 is 0 Å². The highest BCUT2D eigenvalue weighted by atomic mass is 35.5. The molecule has 0 aliphatic heterocycles. The molecule has 0 bridgehead atoms. The van der Waals surface area contributed by atoms with E-state index in [0.717, 1.165) is 17.5 Å². The number of benzene rings is 1. The van der Waals surface area contributed by atoms with Crippen molar-refractivity contribution in [2.75, 3.05) is 0 Å². The average molecular weight is 256 g/mol. The van der Waals surface area contributed by atoms with Crippen molar-refractivity contribution in [2.45, 2.75) is 45.2 Å². The van der Waals surface area contributed by atoms with Crippen LogP contribution < -0.4 is 5.32 Å². The third-order valence-corrected chi connectivity index (χ3v) is 4.74. The van der Waals surface area contributed by atoms with Crippen molar-refractivity contribution in [1.82, 2.24) is 5.32 Å². The number of nitrogens with one attached hydrogen (secondary N) is 1. The van der Waals surface area contributed by atoms with Gasteiger partial charge in [-0.05, 0) is 42.0 Å². The highest BCUT2D eigenvalue weighted by molar-refractivity contribution is 6.21. The summed E-state index contributed by atoms with van der Waals surface area (Å²) in [6.45, 7) is 7.06. The van der Waals surface area contributed by atoms with Crippen LogP contribution in [0.1, 0.15) is 31.4 Å². The minimum absolute atomic E-state index is 0.128. The second-order valence-electron chi connectivity index (χ2n) is 5.53. The maximum atomic E-state index is 13.1. The van der Waals surface area contributed by atoms with E-state index in [2.05, 4.69) is 19.2 Å². The molecule has 1 aliphatic carbocycles. The summed E-state index contributed by atoms with van der Waals surface area (Å²) in [4.78, 5) is 0. The third-order valence-electron chi connectivity index (χ3n) is 4.00. The van der Waals surface area contributed by atoms with Crippen LogP contribution in [-0.2, 0) is 6.54 Å². The first-order valence-electron chi connectivity index (χ1n) is 6.03. The number of hydrogen-bond donors (Lipinski definition) is 1. The van der Waals surface area contributed by atoms with E-state index in [1.54, 1.807) is 6.07 Å². The number of rotatable bonds is 3. The summed E-state index contributed by atoms with van der Waals surface area (Å²) >= 11 is 6.17. The molecule has 2 atom stereocenters. The molecule has 2 rings (SSSR count). The maximum Gasteiger partial charge on any atom is 0.123 e. The number of aryl methyl sites for hydroxylation is 1. The van der Waals surface area contributed by atoms with Crippen molar-refractivity contribution < 1.29 is 4.39 Å². The van der Waals surface area contributed by atoms with Crippen molar-refractivity contribution in [3.63, 3.8) is 0 Å². The van der Waals surface area contributed by atoms with Crippen LogP contribution in [0.4, 0.5) is 4.39 Å². The van der Waals surface area contributed by atoms with Crippen molar-refractivity contribution in [1.29, 1.82) is 0 Å². The van der Waals surface area contributed by atoms with Crippen LogP contribution in [0.15, 0.2) is 18.2 Å². The highest BCUT2D eigenvalue weighted by Gasteiger charge is 2.46. The van der Waals surface area contributed by atoms with Crippen LogP contribution in [0.2, 0.25) is 0 Å². The van der Waals surface area contributed by atoms with Gasteiger partial charge in [0.15, 0.2) is 0 Å². The monoisotopic (exact) mass is 255 g/mol. The molecule has 0 heterocycles. The van der Waals surface area contributed by atoms with Gasteiger partial charge >= 0.3 is 0 Å². The Morgan fingerprint density at radius 3 is 2.76 bits per heavy atom. The van der Waals surface area contributed by atoms with Gasteiger partial charge in [-0.2, -0.15) is 0 Å². The molecule has 1 aliphatic rings. The lowest BCUT2D eigenvalue weighted by molar-refractivity contribution is 0.115. The standard InChI is InChI=1S/C14H19ClFN/c1-9-4-5-11(16)6-10(9)8-17-13-7-12(15)14(13,2)3/h4-6,12-13,17H,7-8H2,1-3H3. The Balaban J connectivity index is 1.97. The molecule has 94 valence electrons. The Bertz CT molecular complexity index is 417. The molecular weight excluding hydrogens is 237 g/mol. The van der Waals surface area contributed by atoms with Gasteiger partial charge in [0.1, 0.15) is 5.82 Å². The zero-order chi connectivity index (χ0) is 12.6. The van der Waals surface area contributed by atoms with E-state index in [4.69, 9.17) is 11.6 Å². The average Bonchev–Trinajstić information content (AvgIpc) is 2.28. The molecule has 2 unspecified atom stereocenters. The molecule has 0 saturated heterocycles. The summed E-state index contributed by atoms with van der Waals surface area (Å²) in [5, 5.41) is 3.72. The maximum absolute atomic E-state index is 13.1. The van der Waals surface area contributed by atoms with Crippen molar-refractivity contribution in [3.05, 3.63) is 35.1 Å². The molecule has 1 nitrogen and oxygen atoms in total. The van der Waals surface area contributed by atoms with E-state index < -0.39 is 0 Å². The van der Waals surface area contributed by atoms with Crippen LogP contribution in [0, 0.1) is 18.2 Å². The molecule has 0 aromatic heterocycles. The Hall–Kier alpha value is -0.600. The molecule has 1 N–H and O–H groups in total. The van der Waals surface area contributed by atoms with E-state index in [-0.39, 0.29) is 16.6 Å². The third kappa shape index (κ3) is 2.48. The fraction of sp³-hybridized carbons (Fsp3) is 0.571.